The molecule has 1 N–H and O–H groups in total. The van der Waals surface area contributed by atoms with E-state index in [1.165, 1.54) is 11.0 Å². The molecule has 1 aliphatic rings. The van der Waals surface area contributed by atoms with Crippen LogP contribution in [-0.2, 0) is 16.1 Å². The molecule has 1 heterocycles. The van der Waals surface area contributed by atoms with Crippen molar-refractivity contribution in [2.75, 3.05) is 6.54 Å². The summed E-state index contributed by atoms with van der Waals surface area (Å²) in [6.07, 6.45) is 0.532. The Kier molecular flexibility index (Phi) is 4.19. The van der Waals surface area contributed by atoms with E-state index >= 15 is 0 Å². The second-order valence-electron chi connectivity index (χ2n) is 4.46. The lowest BCUT2D eigenvalue weighted by Crippen LogP contribution is -2.57. The number of nitrogens with zero attached hydrogens (tertiary/aromatic N) is 1. The first kappa shape index (κ1) is 14.0. The molecule has 0 saturated carbocycles. The third-order valence-electron chi connectivity index (χ3n) is 3.06. The summed E-state index contributed by atoms with van der Waals surface area (Å²) in [5.41, 5.74) is 0.404. The van der Waals surface area contributed by atoms with Crippen molar-refractivity contribution in [2.24, 2.45) is 0 Å². The summed E-state index contributed by atoms with van der Waals surface area (Å²) in [6.45, 7) is 1.92. The number of nitrogens with one attached hydrogen (secondary N) is 1. The standard InChI is InChI=1S/C13H14BrFN2O2/c1-2-11-13(19)17(7-12(18)16-11)6-8-3-4-9(14)5-10(8)15/h3-5,11H,2,6-7H2,1H3,(H,16,18). The molecular formula is C13H14BrFN2O2. The molecule has 1 aliphatic heterocycles. The Morgan fingerprint density at radius 1 is 1.47 bits per heavy atom. The van der Waals surface area contributed by atoms with Gasteiger partial charge >= 0.3 is 0 Å². The van der Waals surface area contributed by atoms with Gasteiger partial charge in [0.05, 0.1) is 6.54 Å². The van der Waals surface area contributed by atoms with Gasteiger partial charge in [-0.05, 0) is 18.6 Å². The van der Waals surface area contributed by atoms with Crippen molar-refractivity contribution in [1.82, 2.24) is 10.2 Å². The van der Waals surface area contributed by atoms with Crippen LogP contribution in [0, 0.1) is 5.82 Å². The van der Waals surface area contributed by atoms with Gasteiger partial charge in [-0.15, -0.1) is 0 Å². The summed E-state index contributed by atoms with van der Waals surface area (Å²) < 4.78 is 14.4. The Morgan fingerprint density at radius 3 is 2.84 bits per heavy atom. The van der Waals surface area contributed by atoms with E-state index in [9.17, 15) is 14.0 Å². The van der Waals surface area contributed by atoms with Crippen LogP contribution >= 0.6 is 15.9 Å². The van der Waals surface area contributed by atoms with Crippen molar-refractivity contribution in [3.8, 4) is 0 Å². The third kappa shape index (κ3) is 3.12. The van der Waals surface area contributed by atoms with Gasteiger partial charge in [0.2, 0.25) is 11.8 Å². The number of amides is 2. The molecule has 2 rings (SSSR count). The van der Waals surface area contributed by atoms with Crippen molar-refractivity contribution in [3.63, 3.8) is 0 Å². The van der Waals surface area contributed by atoms with Gasteiger partial charge in [0.15, 0.2) is 0 Å². The number of benzene rings is 1. The number of piperazine rings is 1. The molecule has 1 aromatic carbocycles. The Bertz CT molecular complexity index is 521. The molecular weight excluding hydrogens is 315 g/mol. The fourth-order valence-electron chi connectivity index (χ4n) is 2.04. The fraction of sp³-hybridized carbons (Fsp3) is 0.385. The summed E-state index contributed by atoms with van der Waals surface area (Å²) in [6, 6.07) is 4.17. The smallest absolute Gasteiger partial charge is 0.245 e. The molecule has 1 saturated heterocycles. The molecule has 0 aliphatic carbocycles. The summed E-state index contributed by atoms with van der Waals surface area (Å²) >= 11 is 3.18. The van der Waals surface area contributed by atoms with E-state index in [2.05, 4.69) is 21.2 Å². The molecule has 0 bridgehead atoms. The van der Waals surface area contributed by atoms with Crippen LogP contribution in [0.1, 0.15) is 18.9 Å². The summed E-state index contributed by atoms with van der Waals surface area (Å²) in [5, 5.41) is 2.62. The second-order valence-corrected chi connectivity index (χ2v) is 5.37. The molecule has 0 aromatic heterocycles. The van der Waals surface area contributed by atoms with E-state index in [0.717, 1.165) is 0 Å². The second kappa shape index (κ2) is 5.69. The zero-order chi connectivity index (χ0) is 14.0. The number of halogens is 2. The molecule has 19 heavy (non-hydrogen) atoms. The number of hydrogen-bond donors (Lipinski definition) is 1. The van der Waals surface area contributed by atoms with E-state index in [1.807, 2.05) is 6.92 Å². The molecule has 1 atom stereocenters. The number of carbonyl (C=O) groups excluding carboxylic acids is 2. The molecule has 4 nitrogen and oxygen atoms in total. The lowest BCUT2D eigenvalue weighted by molar-refractivity contribution is -0.144. The predicted octanol–water partition coefficient (Wildman–Crippen LogP) is 1.83. The van der Waals surface area contributed by atoms with Crippen LogP contribution in [0.25, 0.3) is 0 Å². The van der Waals surface area contributed by atoms with Crippen LogP contribution < -0.4 is 5.32 Å². The molecule has 1 unspecified atom stereocenters. The number of carbonyl (C=O) groups is 2. The highest BCUT2D eigenvalue weighted by atomic mass is 79.9. The molecule has 0 radical (unpaired) electrons. The molecule has 0 spiro atoms. The van der Waals surface area contributed by atoms with Gasteiger partial charge in [0.25, 0.3) is 0 Å². The monoisotopic (exact) mass is 328 g/mol. The van der Waals surface area contributed by atoms with Crippen LogP contribution in [0.2, 0.25) is 0 Å². The average Bonchev–Trinajstić information content (AvgIpc) is 2.36. The first-order valence-corrected chi connectivity index (χ1v) is 6.82. The summed E-state index contributed by atoms with van der Waals surface area (Å²) in [4.78, 5) is 25.0. The molecule has 102 valence electrons. The van der Waals surface area contributed by atoms with E-state index in [-0.39, 0.29) is 30.7 Å². The topological polar surface area (TPSA) is 49.4 Å². The molecule has 2 amide bonds. The van der Waals surface area contributed by atoms with E-state index < -0.39 is 6.04 Å². The van der Waals surface area contributed by atoms with Crippen LogP contribution in [0.5, 0.6) is 0 Å². The van der Waals surface area contributed by atoms with Crippen LogP contribution in [0.4, 0.5) is 4.39 Å². The average molecular weight is 329 g/mol. The van der Waals surface area contributed by atoms with Crippen molar-refractivity contribution in [2.45, 2.75) is 25.9 Å². The maximum atomic E-state index is 13.7. The van der Waals surface area contributed by atoms with E-state index in [4.69, 9.17) is 0 Å². The summed E-state index contributed by atoms with van der Waals surface area (Å²) in [5.74, 6) is -0.755. The van der Waals surface area contributed by atoms with Crippen molar-refractivity contribution < 1.29 is 14.0 Å². The van der Waals surface area contributed by atoms with Gasteiger partial charge in [-0.1, -0.05) is 28.9 Å². The Labute approximate surface area is 119 Å². The minimum atomic E-state index is -0.500. The van der Waals surface area contributed by atoms with Gasteiger partial charge < -0.3 is 10.2 Å². The maximum absolute atomic E-state index is 13.7. The largest absolute Gasteiger partial charge is 0.343 e. The zero-order valence-corrected chi connectivity index (χ0v) is 12.0. The zero-order valence-electron chi connectivity index (χ0n) is 10.5. The highest BCUT2D eigenvalue weighted by molar-refractivity contribution is 9.10. The highest BCUT2D eigenvalue weighted by Gasteiger charge is 2.31. The minimum absolute atomic E-state index is 0.0230. The lowest BCUT2D eigenvalue weighted by Gasteiger charge is -2.32. The minimum Gasteiger partial charge on any atom is -0.343 e. The predicted molar refractivity (Wildman–Crippen MR) is 71.7 cm³/mol. The third-order valence-corrected chi connectivity index (χ3v) is 3.56. The lowest BCUT2D eigenvalue weighted by atomic mass is 10.1. The molecule has 6 heteroatoms. The Hall–Kier alpha value is -1.43. The first-order chi connectivity index (χ1) is 9.01. The van der Waals surface area contributed by atoms with Gasteiger partial charge in [-0.25, -0.2) is 4.39 Å². The van der Waals surface area contributed by atoms with Crippen LogP contribution in [0.3, 0.4) is 0 Å². The fourth-order valence-corrected chi connectivity index (χ4v) is 2.37. The molecule has 1 fully saturated rings. The Balaban J connectivity index is 2.17. The van der Waals surface area contributed by atoms with Gasteiger partial charge in [0.1, 0.15) is 11.9 Å². The number of hydrogen-bond acceptors (Lipinski definition) is 2. The van der Waals surface area contributed by atoms with Gasteiger partial charge in [-0.3, -0.25) is 9.59 Å². The Morgan fingerprint density at radius 2 is 2.21 bits per heavy atom. The summed E-state index contributed by atoms with van der Waals surface area (Å²) in [7, 11) is 0. The first-order valence-electron chi connectivity index (χ1n) is 6.03. The quantitative estimate of drug-likeness (QED) is 0.920. The van der Waals surface area contributed by atoms with Crippen molar-refractivity contribution >= 4 is 27.7 Å². The van der Waals surface area contributed by atoms with E-state index in [0.29, 0.717) is 16.5 Å². The van der Waals surface area contributed by atoms with Crippen LogP contribution in [-0.4, -0.2) is 29.3 Å². The van der Waals surface area contributed by atoms with Crippen molar-refractivity contribution in [1.29, 1.82) is 0 Å². The highest BCUT2D eigenvalue weighted by Crippen LogP contribution is 2.18. The van der Waals surface area contributed by atoms with Crippen molar-refractivity contribution in [3.05, 3.63) is 34.1 Å². The van der Waals surface area contributed by atoms with Gasteiger partial charge in [-0.2, -0.15) is 0 Å². The SMILES string of the molecule is CCC1NC(=O)CN(Cc2ccc(Br)cc2F)C1=O. The maximum Gasteiger partial charge on any atom is 0.245 e. The van der Waals surface area contributed by atoms with Crippen LogP contribution in [0.15, 0.2) is 22.7 Å². The number of rotatable bonds is 3. The van der Waals surface area contributed by atoms with E-state index in [1.54, 1.807) is 12.1 Å². The normalized spacial score (nSPS) is 19.5. The van der Waals surface area contributed by atoms with Gasteiger partial charge in [0, 0.05) is 16.6 Å². The molecule has 1 aromatic rings.